The first kappa shape index (κ1) is 11.0. The Balaban J connectivity index is 2.65. The highest BCUT2D eigenvalue weighted by Gasteiger charge is 2.09. The summed E-state index contributed by atoms with van der Waals surface area (Å²) in [4.78, 5) is 0. The average molecular weight is 195 g/mol. The molecular weight excluding hydrogens is 177 g/mol. The molecule has 0 heterocycles. The topological polar surface area (TPSA) is 12.0 Å². The van der Waals surface area contributed by atoms with Gasteiger partial charge in [-0.2, -0.15) is 0 Å². The van der Waals surface area contributed by atoms with Gasteiger partial charge in [-0.25, -0.2) is 4.39 Å². The molecule has 0 spiro atoms. The van der Waals surface area contributed by atoms with Crippen molar-refractivity contribution in [2.24, 2.45) is 5.41 Å². The van der Waals surface area contributed by atoms with Crippen LogP contribution >= 0.6 is 0 Å². The van der Waals surface area contributed by atoms with Crippen LogP contribution in [0.4, 0.5) is 10.1 Å². The van der Waals surface area contributed by atoms with Crippen molar-refractivity contribution in [1.29, 1.82) is 0 Å². The van der Waals surface area contributed by atoms with E-state index in [-0.39, 0.29) is 11.2 Å². The lowest BCUT2D eigenvalue weighted by atomic mass is 9.97. The molecule has 0 aromatic heterocycles. The van der Waals surface area contributed by atoms with Crippen molar-refractivity contribution in [3.63, 3.8) is 0 Å². The second-order valence-electron chi connectivity index (χ2n) is 4.88. The molecule has 0 fully saturated rings. The van der Waals surface area contributed by atoms with Gasteiger partial charge in [0, 0.05) is 12.2 Å². The smallest absolute Gasteiger partial charge is 0.128 e. The number of nitrogens with one attached hydrogen (secondary N) is 1. The van der Waals surface area contributed by atoms with Gasteiger partial charge in [-0.3, -0.25) is 0 Å². The molecule has 0 saturated carbocycles. The van der Waals surface area contributed by atoms with E-state index >= 15 is 0 Å². The van der Waals surface area contributed by atoms with Crippen LogP contribution in [-0.4, -0.2) is 6.54 Å². The van der Waals surface area contributed by atoms with E-state index < -0.39 is 0 Å². The van der Waals surface area contributed by atoms with E-state index in [0.29, 0.717) is 5.56 Å². The van der Waals surface area contributed by atoms with Crippen molar-refractivity contribution in [3.8, 4) is 0 Å². The molecule has 1 aromatic carbocycles. The number of anilines is 1. The van der Waals surface area contributed by atoms with E-state index in [1.54, 1.807) is 19.1 Å². The molecule has 0 unspecified atom stereocenters. The summed E-state index contributed by atoms with van der Waals surface area (Å²) in [6.07, 6.45) is 0. The van der Waals surface area contributed by atoms with Crippen LogP contribution in [0.3, 0.4) is 0 Å². The van der Waals surface area contributed by atoms with Gasteiger partial charge in [-0.1, -0.05) is 26.8 Å². The Morgan fingerprint density at radius 2 is 1.93 bits per heavy atom. The largest absolute Gasteiger partial charge is 0.384 e. The lowest BCUT2D eigenvalue weighted by Crippen LogP contribution is -2.19. The number of rotatable bonds is 2. The predicted octanol–water partition coefficient (Wildman–Crippen LogP) is 3.59. The maximum atomic E-state index is 13.2. The van der Waals surface area contributed by atoms with Crippen LogP contribution in [0.1, 0.15) is 26.3 Å². The van der Waals surface area contributed by atoms with Gasteiger partial charge in [0.1, 0.15) is 5.82 Å². The van der Waals surface area contributed by atoms with Crippen LogP contribution in [0, 0.1) is 18.2 Å². The molecule has 0 saturated heterocycles. The SMILES string of the molecule is Cc1ccc(NCC(C)(C)C)cc1F. The first-order chi connectivity index (χ1) is 6.38. The van der Waals surface area contributed by atoms with Crippen LogP contribution in [0.5, 0.6) is 0 Å². The Kier molecular flexibility index (Phi) is 3.14. The van der Waals surface area contributed by atoms with Gasteiger partial charge in [-0.05, 0) is 30.0 Å². The summed E-state index contributed by atoms with van der Waals surface area (Å²) in [5, 5.41) is 3.21. The Hall–Kier alpha value is -1.05. The van der Waals surface area contributed by atoms with Crippen molar-refractivity contribution in [3.05, 3.63) is 29.6 Å². The molecule has 1 rings (SSSR count). The fraction of sp³-hybridized carbons (Fsp3) is 0.500. The highest BCUT2D eigenvalue weighted by molar-refractivity contribution is 5.45. The maximum absolute atomic E-state index is 13.2. The summed E-state index contributed by atoms with van der Waals surface area (Å²) in [5.74, 6) is -0.149. The third-order valence-electron chi connectivity index (χ3n) is 1.99. The first-order valence-electron chi connectivity index (χ1n) is 4.88. The predicted molar refractivity (Wildman–Crippen MR) is 59.1 cm³/mol. The van der Waals surface area contributed by atoms with Gasteiger partial charge in [0.15, 0.2) is 0 Å². The van der Waals surface area contributed by atoms with Gasteiger partial charge in [-0.15, -0.1) is 0 Å². The van der Waals surface area contributed by atoms with Crippen molar-refractivity contribution in [2.45, 2.75) is 27.7 Å². The third kappa shape index (κ3) is 3.36. The molecular formula is C12H18FN. The molecule has 0 atom stereocenters. The van der Waals surface area contributed by atoms with Crippen molar-refractivity contribution in [1.82, 2.24) is 0 Å². The summed E-state index contributed by atoms with van der Waals surface area (Å²) in [6, 6.07) is 5.24. The highest BCUT2D eigenvalue weighted by Crippen LogP contribution is 2.17. The molecule has 78 valence electrons. The molecule has 0 bridgehead atoms. The van der Waals surface area contributed by atoms with Crippen LogP contribution < -0.4 is 5.32 Å². The fourth-order valence-corrected chi connectivity index (χ4v) is 1.07. The minimum Gasteiger partial charge on any atom is -0.384 e. The molecule has 1 aromatic rings. The van der Waals surface area contributed by atoms with E-state index in [0.717, 1.165) is 12.2 Å². The standard InChI is InChI=1S/C12H18FN/c1-9-5-6-10(7-11(9)13)14-8-12(2,3)4/h5-7,14H,8H2,1-4H3. The Morgan fingerprint density at radius 3 is 2.43 bits per heavy atom. The number of hydrogen-bond acceptors (Lipinski definition) is 1. The zero-order valence-corrected chi connectivity index (χ0v) is 9.32. The Morgan fingerprint density at radius 1 is 1.29 bits per heavy atom. The summed E-state index contributed by atoms with van der Waals surface area (Å²) in [7, 11) is 0. The molecule has 0 radical (unpaired) electrons. The average Bonchev–Trinajstić information content (AvgIpc) is 2.06. The summed E-state index contributed by atoms with van der Waals surface area (Å²) in [6.45, 7) is 9.04. The number of aryl methyl sites for hydroxylation is 1. The summed E-state index contributed by atoms with van der Waals surface area (Å²) < 4.78 is 13.2. The molecule has 2 heteroatoms. The molecule has 0 aliphatic heterocycles. The molecule has 0 aliphatic rings. The van der Waals surface area contributed by atoms with Gasteiger partial charge < -0.3 is 5.32 Å². The molecule has 1 N–H and O–H groups in total. The van der Waals surface area contributed by atoms with Crippen molar-refractivity contribution >= 4 is 5.69 Å². The van der Waals surface area contributed by atoms with Crippen LogP contribution in [0.15, 0.2) is 18.2 Å². The zero-order chi connectivity index (χ0) is 10.8. The minimum absolute atomic E-state index is 0.149. The van der Waals surface area contributed by atoms with Crippen molar-refractivity contribution in [2.75, 3.05) is 11.9 Å². The number of halogens is 1. The molecule has 0 amide bonds. The van der Waals surface area contributed by atoms with Crippen molar-refractivity contribution < 1.29 is 4.39 Å². The van der Waals surface area contributed by atoms with E-state index in [9.17, 15) is 4.39 Å². The van der Waals surface area contributed by atoms with E-state index in [1.807, 2.05) is 6.07 Å². The van der Waals surface area contributed by atoms with E-state index in [1.165, 1.54) is 0 Å². The van der Waals surface area contributed by atoms with Gasteiger partial charge in [0.2, 0.25) is 0 Å². The molecule has 1 nitrogen and oxygen atoms in total. The lowest BCUT2D eigenvalue weighted by molar-refractivity contribution is 0.443. The summed E-state index contributed by atoms with van der Waals surface area (Å²) >= 11 is 0. The first-order valence-corrected chi connectivity index (χ1v) is 4.88. The van der Waals surface area contributed by atoms with Crippen LogP contribution in [0.2, 0.25) is 0 Å². The number of benzene rings is 1. The van der Waals surface area contributed by atoms with Crippen LogP contribution in [0.25, 0.3) is 0 Å². The van der Waals surface area contributed by atoms with Gasteiger partial charge in [0.25, 0.3) is 0 Å². The quantitative estimate of drug-likeness (QED) is 0.760. The van der Waals surface area contributed by atoms with Crippen LogP contribution in [-0.2, 0) is 0 Å². The Labute approximate surface area is 85.3 Å². The minimum atomic E-state index is -0.149. The zero-order valence-electron chi connectivity index (χ0n) is 9.32. The van der Waals surface area contributed by atoms with Gasteiger partial charge in [0.05, 0.1) is 0 Å². The van der Waals surface area contributed by atoms with E-state index in [4.69, 9.17) is 0 Å². The fourth-order valence-electron chi connectivity index (χ4n) is 1.07. The molecule has 14 heavy (non-hydrogen) atoms. The second kappa shape index (κ2) is 3.99. The monoisotopic (exact) mass is 195 g/mol. The maximum Gasteiger partial charge on any atom is 0.128 e. The molecule has 0 aliphatic carbocycles. The Bertz CT molecular complexity index is 313. The third-order valence-corrected chi connectivity index (χ3v) is 1.99. The number of hydrogen-bond donors (Lipinski definition) is 1. The second-order valence-corrected chi connectivity index (χ2v) is 4.88. The summed E-state index contributed by atoms with van der Waals surface area (Å²) in [5.41, 5.74) is 1.75. The van der Waals surface area contributed by atoms with Gasteiger partial charge >= 0.3 is 0 Å². The van der Waals surface area contributed by atoms with E-state index in [2.05, 4.69) is 26.1 Å². The lowest BCUT2D eigenvalue weighted by Gasteiger charge is -2.19. The highest BCUT2D eigenvalue weighted by atomic mass is 19.1. The normalized spacial score (nSPS) is 11.5.